The van der Waals surface area contributed by atoms with Gasteiger partial charge in [0.15, 0.2) is 0 Å². The van der Waals surface area contributed by atoms with E-state index in [0.29, 0.717) is 18.9 Å². The van der Waals surface area contributed by atoms with Gasteiger partial charge in [0.2, 0.25) is 0 Å². The van der Waals surface area contributed by atoms with Gasteiger partial charge < -0.3 is 9.84 Å². The lowest BCUT2D eigenvalue weighted by Crippen LogP contribution is -2.15. The molecular formula is C15H24O2. The molecule has 0 aliphatic heterocycles. The Bertz CT molecular complexity index is 284. The minimum absolute atomic E-state index is 0.236. The summed E-state index contributed by atoms with van der Waals surface area (Å²) in [7, 11) is 0. The summed E-state index contributed by atoms with van der Waals surface area (Å²) in [6.45, 7) is 4.97. The number of aliphatic hydroxyl groups excluding tert-OH is 1. The highest BCUT2D eigenvalue weighted by Crippen LogP contribution is 2.15. The summed E-state index contributed by atoms with van der Waals surface area (Å²) in [6.07, 6.45) is 3.74. The molecule has 0 saturated carbocycles. The predicted molar refractivity (Wildman–Crippen MR) is 71.2 cm³/mol. The van der Waals surface area contributed by atoms with Crippen molar-refractivity contribution in [2.75, 3.05) is 6.61 Å². The van der Waals surface area contributed by atoms with Crippen molar-refractivity contribution in [3.63, 3.8) is 0 Å². The summed E-state index contributed by atoms with van der Waals surface area (Å²) in [5.41, 5.74) is 0. The van der Waals surface area contributed by atoms with Crippen LogP contribution in [0.25, 0.3) is 0 Å². The minimum Gasteiger partial charge on any atom is -0.493 e. The van der Waals surface area contributed by atoms with E-state index in [1.807, 2.05) is 30.3 Å². The number of hydrogen-bond donors (Lipinski definition) is 1. The second-order valence-electron chi connectivity index (χ2n) is 4.73. The maximum Gasteiger partial charge on any atom is 0.119 e. The highest BCUT2D eigenvalue weighted by atomic mass is 16.5. The van der Waals surface area contributed by atoms with Gasteiger partial charge >= 0.3 is 0 Å². The van der Waals surface area contributed by atoms with Crippen LogP contribution in [0.5, 0.6) is 5.75 Å². The van der Waals surface area contributed by atoms with Crippen molar-refractivity contribution in [3.8, 4) is 5.75 Å². The van der Waals surface area contributed by atoms with E-state index in [1.54, 1.807) is 0 Å². The van der Waals surface area contributed by atoms with Gasteiger partial charge in [-0.05, 0) is 24.5 Å². The molecule has 0 bridgehead atoms. The summed E-state index contributed by atoms with van der Waals surface area (Å²) in [6, 6.07) is 9.75. The zero-order chi connectivity index (χ0) is 12.5. The fourth-order valence-corrected chi connectivity index (χ4v) is 2.02. The average Bonchev–Trinajstić information content (AvgIpc) is 2.30. The second-order valence-corrected chi connectivity index (χ2v) is 4.73. The molecule has 0 saturated heterocycles. The first-order valence-electron chi connectivity index (χ1n) is 6.58. The van der Waals surface area contributed by atoms with Crippen LogP contribution in [-0.2, 0) is 0 Å². The second kappa shape index (κ2) is 8.13. The van der Waals surface area contributed by atoms with Crippen molar-refractivity contribution >= 4 is 0 Å². The van der Waals surface area contributed by atoms with Crippen LogP contribution < -0.4 is 4.74 Å². The quantitative estimate of drug-likeness (QED) is 0.746. The molecule has 2 atom stereocenters. The highest BCUT2D eigenvalue weighted by Gasteiger charge is 2.09. The van der Waals surface area contributed by atoms with Gasteiger partial charge in [0.25, 0.3) is 0 Å². The molecule has 0 fully saturated rings. The zero-order valence-corrected chi connectivity index (χ0v) is 10.9. The lowest BCUT2D eigenvalue weighted by atomic mass is 9.97. The molecule has 1 N–H and O–H groups in total. The molecule has 0 radical (unpaired) electrons. The Morgan fingerprint density at radius 2 is 1.88 bits per heavy atom. The topological polar surface area (TPSA) is 29.5 Å². The number of aliphatic hydroxyl groups is 1. The first kappa shape index (κ1) is 14.0. The van der Waals surface area contributed by atoms with Gasteiger partial charge in [-0.1, -0.05) is 44.9 Å². The Hall–Kier alpha value is -1.02. The molecule has 0 aliphatic rings. The maximum atomic E-state index is 9.84. The molecule has 1 aromatic rings. The molecule has 0 aliphatic carbocycles. The lowest BCUT2D eigenvalue weighted by Gasteiger charge is -2.16. The van der Waals surface area contributed by atoms with Crippen LogP contribution in [-0.4, -0.2) is 17.8 Å². The van der Waals surface area contributed by atoms with Crippen molar-refractivity contribution in [1.82, 2.24) is 0 Å². The highest BCUT2D eigenvalue weighted by molar-refractivity contribution is 5.20. The molecule has 2 heteroatoms. The number of hydrogen-bond acceptors (Lipinski definition) is 2. The standard InChI is InChI=1S/C15H24O2/c1-3-7-13(2)12-14(16)10-11-17-15-8-5-4-6-9-15/h4-6,8-9,13-14,16H,3,7,10-12H2,1-2H3. The monoisotopic (exact) mass is 236 g/mol. The summed E-state index contributed by atoms with van der Waals surface area (Å²) >= 11 is 0. The number of rotatable bonds is 8. The summed E-state index contributed by atoms with van der Waals surface area (Å²) in [5, 5.41) is 9.84. The summed E-state index contributed by atoms with van der Waals surface area (Å²) < 4.78 is 5.56. The predicted octanol–water partition coefficient (Wildman–Crippen LogP) is 3.64. The SMILES string of the molecule is CCCC(C)CC(O)CCOc1ccccc1. The number of para-hydroxylation sites is 1. The maximum absolute atomic E-state index is 9.84. The smallest absolute Gasteiger partial charge is 0.119 e. The van der Waals surface area contributed by atoms with Gasteiger partial charge in [0, 0.05) is 6.42 Å². The molecule has 1 aromatic carbocycles. The van der Waals surface area contributed by atoms with Crippen LogP contribution in [0.2, 0.25) is 0 Å². The van der Waals surface area contributed by atoms with E-state index < -0.39 is 0 Å². The first-order valence-corrected chi connectivity index (χ1v) is 6.58. The van der Waals surface area contributed by atoms with Crippen LogP contribution in [0, 0.1) is 5.92 Å². The normalized spacial score (nSPS) is 14.3. The van der Waals surface area contributed by atoms with Crippen molar-refractivity contribution < 1.29 is 9.84 Å². The van der Waals surface area contributed by atoms with E-state index >= 15 is 0 Å². The van der Waals surface area contributed by atoms with Crippen molar-refractivity contribution in [2.24, 2.45) is 5.92 Å². The molecule has 96 valence electrons. The molecular weight excluding hydrogens is 212 g/mol. The summed E-state index contributed by atoms with van der Waals surface area (Å²) in [4.78, 5) is 0. The lowest BCUT2D eigenvalue weighted by molar-refractivity contribution is 0.114. The third kappa shape index (κ3) is 6.32. The molecule has 2 nitrogen and oxygen atoms in total. The molecule has 0 heterocycles. The summed E-state index contributed by atoms with van der Waals surface area (Å²) in [5.74, 6) is 1.48. The van der Waals surface area contributed by atoms with Crippen LogP contribution in [0.15, 0.2) is 30.3 Å². The van der Waals surface area contributed by atoms with Gasteiger partial charge in [-0.3, -0.25) is 0 Å². The van der Waals surface area contributed by atoms with E-state index in [2.05, 4.69) is 13.8 Å². The molecule has 0 aromatic heterocycles. The first-order chi connectivity index (χ1) is 8.22. The van der Waals surface area contributed by atoms with Crippen LogP contribution in [0.4, 0.5) is 0 Å². The number of ether oxygens (including phenoxy) is 1. The van der Waals surface area contributed by atoms with E-state index in [9.17, 15) is 5.11 Å². The van der Waals surface area contributed by atoms with E-state index in [0.717, 1.165) is 12.2 Å². The van der Waals surface area contributed by atoms with Crippen molar-refractivity contribution in [3.05, 3.63) is 30.3 Å². The van der Waals surface area contributed by atoms with Crippen molar-refractivity contribution in [1.29, 1.82) is 0 Å². The fraction of sp³-hybridized carbons (Fsp3) is 0.600. The Balaban J connectivity index is 2.14. The van der Waals surface area contributed by atoms with Crippen molar-refractivity contribution in [2.45, 2.75) is 45.6 Å². The largest absolute Gasteiger partial charge is 0.493 e. The zero-order valence-electron chi connectivity index (χ0n) is 10.9. The van der Waals surface area contributed by atoms with Crippen LogP contribution >= 0.6 is 0 Å². The Kier molecular flexibility index (Phi) is 6.71. The minimum atomic E-state index is -0.236. The Labute approximate surface area is 105 Å². The third-order valence-corrected chi connectivity index (χ3v) is 2.92. The van der Waals surface area contributed by atoms with Gasteiger partial charge in [0.05, 0.1) is 12.7 Å². The molecule has 2 unspecified atom stereocenters. The van der Waals surface area contributed by atoms with Gasteiger partial charge in [0.1, 0.15) is 5.75 Å². The van der Waals surface area contributed by atoms with Gasteiger partial charge in [-0.15, -0.1) is 0 Å². The van der Waals surface area contributed by atoms with E-state index in [4.69, 9.17) is 4.74 Å². The fourth-order valence-electron chi connectivity index (χ4n) is 2.02. The molecule has 0 amide bonds. The van der Waals surface area contributed by atoms with Gasteiger partial charge in [-0.2, -0.15) is 0 Å². The van der Waals surface area contributed by atoms with E-state index in [-0.39, 0.29) is 6.10 Å². The Morgan fingerprint density at radius 3 is 2.53 bits per heavy atom. The molecule has 17 heavy (non-hydrogen) atoms. The third-order valence-electron chi connectivity index (χ3n) is 2.92. The molecule has 0 spiro atoms. The number of benzene rings is 1. The average molecular weight is 236 g/mol. The Morgan fingerprint density at radius 1 is 1.18 bits per heavy atom. The van der Waals surface area contributed by atoms with Crippen LogP contribution in [0.3, 0.4) is 0 Å². The van der Waals surface area contributed by atoms with Gasteiger partial charge in [-0.25, -0.2) is 0 Å². The van der Waals surface area contributed by atoms with Crippen LogP contribution in [0.1, 0.15) is 39.5 Å². The van der Waals surface area contributed by atoms with E-state index in [1.165, 1.54) is 12.8 Å². The molecule has 1 rings (SSSR count).